The number of piperidine rings is 1. The minimum Gasteiger partial charge on any atom is -0.485 e. The van der Waals surface area contributed by atoms with E-state index >= 15 is 0 Å². The lowest BCUT2D eigenvalue weighted by Gasteiger charge is -2.26. The molecule has 1 saturated heterocycles. The zero-order valence-electron chi connectivity index (χ0n) is 14.1. The molecule has 0 amide bonds. The highest BCUT2D eigenvalue weighted by Crippen LogP contribution is 2.31. The van der Waals surface area contributed by atoms with Gasteiger partial charge in [-0.05, 0) is 50.2 Å². The average molecular weight is 339 g/mol. The van der Waals surface area contributed by atoms with Gasteiger partial charge in [-0.2, -0.15) is 0 Å². The highest BCUT2D eigenvalue weighted by atomic mass is 16.5. The summed E-state index contributed by atoms with van der Waals surface area (Å²) in [6.07, 6.45) is 5.32. The zero-order chi connectivity index (χ0) is 17.1. The Labute approximate surface area is 145 Å². The number of ether oxygens (including phenoxy) is 1. The maximum absolute atomic E-state index is 12.9. The number of hydrogen-bond acceptors (Lipinski definition) is 5. The van der Waals surface area contributed by atoms with Crippen LogP contribution >= 0.6 is 0 Å². The van der Waals surface area contributed by atoms with Gasteiger partial charge in [0, 0.05) is 6.54 Å². The molecule has 0 saturated carbocycles. The van der Waals surface area contributed by atoms with Gasteiger partial charge < -0.3 is 13.6 Å². The van der Waals surface area contributed by atoms with Gasteiger partial charge in [0.15, 0.2) is 5.76 Å². The summed E-state index contributed by atoms with van der Waals surface area (Å²) in [7, 11) is 0. The lowest BCUT2D eigenvalue weighted by Crippen LogP contribution is -2.33. The molecule has 0 unspecified atom stereocenters. The van der Waals surface area contributed by atoms with E-state index in [1.54, 1.807) is 30.5 Å². The van der Waals surface area contributed by atoms with E-state index < -0.39 is 0 Å². The Morgan fingerprint density at radius 2 is 1.88 bits per heavy atom. The van der Waals surface area contributed by atoms with E-state index in [4.69, 9.17) is 13.6 Å². The topological polar surface area (TPSA) is 55.8 Å². The fraction of sp³-hybridized carbons (Fsp3) is 0.350. The lowest BCUT2D eigenvalue weighted by atomic mass is 10.1. The van der Waals surface area contributed by atoms with Crippen LogP contribution < -0.4 is 10.2 Å². The number of fused-ring (bicyclic) bond motifs is 1. The van der Waals surface area contributed by atoms with Crippen LogP contribution in [0.15, 0.2) is 56.3 Å². The number of nitrogens with zero attached hydrogens (tertiary/aromatic N) is 1. The molecule has 3 aromatic rings. The predicted octanol–water partition coefficient (Wildman–Crippen LogP) is 3.92. The van der Waals surface area contributed by atoms with Crippen molar-refractivity contribution in [2.45, 2.75) is 19.3 Å². The standard InChI is InChI=1S/C20H21NO4/c22-18-15-7-2-3-8-16(15)25-19(17-9-6-13-23-17)20(18)24-14-12-21-10-4-1-5-11-21/h2-3,6-9,13H,1,4-5,10-12,14H2. The highest BCUT2D eigenvalue weighted by Gasteiger charge is 2.20. The summed E-state index contributed by atoms with van der Waals surface area (Å²) < 4.78 is 17.3. The Hall–Kier alpha value is -2.53. The average Bonchev–Trinajstić information content (AvgIpc) is 3.19. The first kappa shape index (κ1) is 16.0. The Morgan fingerprint density at radius 3 is 2.68 bits per heavy atom. The summed E-state index contributed by atoms with van der Waals surface area (Å²) in [4.78, 5) is 15.3. The molecule has 1 aliphatic heterocycles. The zero-order valence-corrected chi connectivity index (χ0v) is 14.1. The fourth-order valence-electron chi connectivity index (χ4n) is 3.29. The van der Waals surface area contributed by atoms with Crippen molar-refractivity contribution in [3.63, 3.8) is 0 Å². The predicted molar refractivity (Wildman–Crippen MR) is 96.0 cm³/mol. The fourth-order valence-corrected chi connectivity index (χ4v) is 3.29. The number of likely N-dealkylation sites (tertiary alicyclic amines) is 1. The van der Waals surface area contributed by atoms with Crippen molar-refractivity contribution in [1.29, 1.82) is 0 Å². The van der Waals surface area contributed by atoms with E-state index in [-0.39, 0.29) is 11.2 Å². The normalized spacial score (nSPS) is 15.5. The van der Waals surface area contributed by atoms with Crippen LogP contribution in [0.1, 0.15) is 19.3 Å². The number of para-hydroxylation sites is 1. The summed E-state index contributed by atoms with van der Waals surface area (Å²) in [6, 6.07) is 10.7. The monoisotopic (exact) mass is 339 g/mol. The highest BCUT2D eigenvalue weighted by molar-refractivity contribution is 5.81. The molecule has 3 heterocycles. The van der Waals surface area contributed by atoms with Crippen LogP contribution in [-0.2, 0) is 0 Å². The molecule has 2 aromatic heterocycles. The molecular weight excluding hydrogens is 318 g/mol. The van der Waals surface area contributed by atoms with Gasteiger partial charge in [-0.25, -0.2) is 0 Å². The van der Waals surface area contributed by atoms with Crippen LogP contribution in [0.5, 0.6) is 5.75 Å². The molecule has 0 radical (unpaired) electrons. The second-order valence-corrected chi connectivity index (χ2v) is 6.31. The van der Waals surface area contributed by atoms with Crippen molar-refractivity contribution < 1.29 is 13.6 Å². The molecule has 0 bridgehead atoms. The first-order valence-electron chi connectivity index (χ1n) is 8.78. The third-order valence-corrected chi connectivity index (χ3v) is 4.60. The SMILES string of the molecule is O=c1c(OCCN2CCCCC2)c(-c2ccco2)oc2ccccc12. The maximum atomic E-state index is 12.9. The van der Waals surface area contributed by atoms with Crippen molar-refractivity contribution in [3.8, 4) is 17.3 Å². The van der Waals surface area contributed by atoms with E-state index in [2.05, 4.69) is 4.90 Å². The molecule has 1 aromatic carbocycles. The van der Waals surface area contributed by atoms with Gasteiger partial charge in [0.25, 0.3) is 0 Å². The molecule has 1 aliphatic rings. The molecule has 130 valence electrons. The molecule has 0 aliphatic carbocycles. The van der Waals surface area contributed by atoms with E-state index in [0.717, 1.165) is 19.6 Å². The van der Waals surface area contributed by atoms with Crippen LogP contribution in [0.3, 0.4) is 0 Å². The molecule has 0 spiro atoms. The first-order chi connectivity index (χ1) is 12.3. The third kappa shape index (κ3) is 3.33. The van der Waals surface area contributed by atoms with Crippen molar-refractivity contribution in [2.24, 2.45) is 0 Å². The first-order valence-corrected chi connectivity index (χ1v) is 8.78. The van der Waals surface area contributed by atoms with Gasteiger partial charge >= 0.3 is 0 Å². The van der Waals surface area contributed by atoms with Crippen LogP contribution in [-0.4, -0.2) is 31.1 Å². The number of rotatable bonds is 5. The summed E-state index contributed by atoms with van der Waals surface area (Å²) in [5.74, 6) is 1.08. The van der Waals surface area contributed by atoms with Crippen LogP contribution in [0.4, 0.5) is 0 Å². The quantitative estimate of drug-likeness (QED) is 0.705. The molecule has 5 nitrogen and oxygen atoms in total. The Balaban J connectivity index is 1.64. The van der Waals surface area contributed by atoms with Crippen molar-refractivity contribution in [1.82, 2.24) is 4.90 Å². The van der Waals surface area contributed by atoms with Gasteiger partial charge in [-0.3, -0.25) is 9.69 Å². The minimum absolute atomic E-state index is 0.160. The Morgan fingerprint density at radius 1 is 1.04 bits per heavy atom. The molecule has 1 fully saturated rings. The van der Waals surface area contributed by atoms with E-state index in [0.29, 0.717) is 29.1 Å². The second-order valence-electron chi connectivity index (χ2n) is 6.31. The largest absolute Gasteiger partial charge is 0.485 e. The molecule has 0 N–H and O–H groups in total. The Bertz CT molecular complexity index is 892. The van der Waals surface area contributed by atoms with Crippen LogP contribution in [0.2, 0.25) is 0 Å². The van der Waals surface area contributed by atoms with Gasteiger partial charge in [-0.15, -0.1) is 0 Å². The van der Waals surface area contributed by atoms with Crippen LogP contribution in [0.25, 0.3) is 22.5 Å². The summed E-state index contributed by atoms with van der Waals surface area (Å²) in [6.45, 7) is 3.46. The number of benzene rings is 1. The Kier molecular flexibility index (Phi) is 4.57. The summed E-state index contributed by atoms with van der Waals surface area (Å²) in [5.41, 5.74) is 0.370. The van der Waals surface area contributed by atoms with Crippen molar-refractivity contribution in [2.75, 3.05) is 26.2 Å². The van der Waals surface area contributed by atoms with Crippen molar-refractivity contribution >= 4 is 11.0 Å². The van der Waals surface area contributed by atoms with E-state index in [9.17, 15) is 4.79 Å². The number of hydrogen-bond donors (Lipinski definition) is 0. The maximum Gasteiger partial charge on any atom is 0.235 e. The van der Waals surface area contributed by atoms with E-state index in [1.807, 2.05) is 12.1 Å². The lowest BCUT2D eigenvalue weighted by molar-refractivity contribution is 0.182. The summed E-state index contributed by atoms with van der Waals surface area (Å²) in [5, 5.41) is 0.519. The molecule has 5 heteroatoms. The van der Waals surface area contributed by atoms with Crippen LogP contribution in [0, 0.1) is 0 Å². The number of furan rings is 1. The van der Waals surface area contributed by atoms with E-state index in [1.165, 1.54) is 19.3 Å². The second kappa shape index (κ2) is 7.15. The molecule has 25 heavy (non-hydrogen) atoms. The minimum atomic E-state index is -0.160. The molecule has 0 atom stereocenters. The molecule has 4 rings (SSSR count). The van der Waals surface area contributed by atoms with Gasteiger partial charge in [0.05, 0.1) is 11.6 Å². The molecular formula is C20H21NO4. The van der Waals surface area contributed by atoms with Gasteiger partial charge in [-0.1, -0.05) is 18.6 Å². The van der Waals surface area contributed by atoms with Gasteiger partial charge in [0.2, 0.25) is 16.9 Å². The summed E-state index contributed by atoms with van der Waals surface area (Å²) >= 11 is 0. The smallest absolute Gasteiger partial charge is 0.235 e. The van der Waals surface area contributed by atoms with Gasteiger partial charge in [0.1, 0.15) is 12.2 Å². The van der Waals surface area contributed by atoms with Crippen molar-refractivity contribution in [3.05, 3.63) is 52.9 Å². The third-order valence-electron chi connectivity index (χ3n) is 4.60.